The van der Waals surface area contributed by atoms with Crippen molar-refractivity contribution in [2.45, 2.75) is 84.7 Å². The third-order valence-electron chi connectivity index (χ3n) is 6.40. The molecule has 1 heteroatoms. The monoisotopic (exact) mass is 326 g/mol. The predicted molar refractivity (Wildman–Crippen MR) is 103 cm³/mol. The number of benzene rings is 1. The first kappa shape index (κ1) is 17.6. The summed E-state index contributed by atoms with van der Waals surface area (Å²) in [6, 6.07) is 8.97. The summed E-state index contributed by atoms with van der Waals surface area (Å²) in [5, 5.41) is 0. The number of ether oxygens (including phenoxy) is 1. The molecule has 132 valence electrons. The quantitative estimate of drug-likeness (QED) is 0.550. The van der Waals surface area contributed by atoms with E-state index in [0.717, 1.165) is 24.0 Å². The minimum atomic E-state index is -0.155. The fourth-order valence-corrected chi connectivity index (χ4v) is 4.36. The maximum atomic E-state index is 6.44. The van der Waals surface area contributed by atoms with Crippen molar-refractivity contribution in [2.24, 2.45) is 11.3 Å². The largest absolute Gasteiger partial charge is 0.483 e. The molecular weight excluding hydrogens is 292 g/mol. The van der Waals surface area contributed by atoms with E-state index in [1.54, 1.807) is 0 Å². The zero-order valence-electron chi connectivity index (χ0n) is 16.2. The second-order valence-electron chi connectivity index (χ2n) is 9.17. The van der Waals surface area contributed by atoms with Gasteiger partial charge in [-0.2, -0.15) is 0 Å². The highest BCUT2D eigenvalue weighted by Crippen LogP contribution is 2.41. The van der Waals surface area contributed by atoms with E-state index < -0.39 is 0 Å². The Morgan fingerprint density at radius 3 is 2.12 bits per heavy atom. The third-order valence-corrected chi connectivity index (χ3v) is 6.40. The molecule has 0 saturated heterocycles. The lowest BCUT2D eigenvalue weighted by Gasteiger charge is -2.40. The number of hydrogen-bond donors (Lipinski definition) is 0. The second-order valence-corrected chi connectivity index (χ2v) is 9.17. The Balaban J connectivity index is 1.68. The summed E-state index contributed by atoms with van der Waals surface area (Å²) < 4.78 is 6.44. The molecule has 0 heterocycles. The molecule has 1 saturated carbocycles. The van der Waals surface area contributed by atoms with E-state index >= 15 is 0 Å². The molecule has 0 aliphatic heterocycles. The van der Waals surface area contributed by atoms with Crippen molar-refractivity contribution in [1.29, 1.82) is 0 Å². The molecule has 1 nitrogen and oxygen atoms in total. The van der Waals surface area contributed by atoms with Crippen molar-refractivity contribution in [3.8, 4) is 5.75 Å². The lowest BCUT2D eigenvalue weighted by molar-refractivity contribution is 0.0917. The summed E-state index contributed by atoms with van der Waals surface area (Å²) in [5.41, 5.74) is 3.01. The highest BCUT2D eigenvalue weighted by atomic mass is 16.5. The molecule has 1 aromatic rings. The normalized spacial score (nSPS) is 33.0. The van der Waals surface area contributed by atoms with Crippen LogP contribution in [-0.2, 0) is 0 Å². The number of hydrogen-bond acceptors (Lipinski definition) is 1. The van der Waals surface area contributed by atoms with Crippen LogP contribution in [0.3, 0.4) is 0 Å². The van der Waals surface area contributed by atoms with Crippen LogP contribution >= 0.6 is 0 Å². The minimum Gasteiger partial charge on any atom is -0.483 e. The highest BCUT2D eigenvalue weighted by Gasteiger charge is 2.36. The molecule has 0 amide bonds. The molecule has 0 radical (unpaired) electrons. The Labute approximate surface area is 148 Å². The van der Waals surface area contributed by atoms with Crippen LogP contribution in [-0.4, -0.2) is 5.60 Å². The fraction of sp³-hybridized carbons (Fsp3) is 0.652. The zero-order valence-corrected chi connectivity index (χ0v) is 16.2. The third kappa shape index (κ3) is 3.87. The van der Waals surface area contributed by atoms with Crippen LogP contribution in [0.5, 0.6) is 5.75 Å². The van der Waals surface area contributed by atoms with E-state index in [1.165, 1.54) is 43.2 Å². The molecule has 2 aliphatic carbocycles. The average Bonchev–Trinajstić information content (AvgIpc) is 2.53. The van der Waals surface area contributed by atoms with Crippen LogP contribution in [0.1, 0.15) is 84.6 Å². The Hall–Kier alpha value is -1.24. The molecule has 1 unspecified atom stereocenters. The van der Waals surface area contributed by atoms with Crippen LogP contribution in [0, 0.1) is 11.3 Å². The van der Waals surface area contributed by atoms with E-state index in [1.807, 2.05) is 0 Å². The molecule has 1 fully saturated rings. The van der Waals surface area contributed by atoms with Crippen LogP contribution in [0.15, 0.2) is 35.9 Å². The summed E-state index contributed by atoms with van der Waals surface area (Å²) >= 11 is 0. The minimum absolute atomic E-state index is 0.155. The maximum Gasteiger partial charge on any atom is 0.127 e. The van der Waals surface area contributed by atoms with Crippen LogP contribution in [0.2, 0.25) is 0 Å². The van der Waals surface area contributed by atoms with Gasteiger partial charge in [-0.15, -0.1) is 0 Å². The van der Waals surface area contributed by atoms with Crippen molar-refractivity contribution < 1.29 is 4.74 Å². The van der Waals surface area contributed by atoms with E-state index in [-0.39, 0.29) is 5.60 Å². The van der Waals surface area contributed by atoms with E-state index in [9.17, 15) is 0 Å². The van der Waals surface area contributed by atoms with Crippen molar-refractivity contribution in [3.63, 3.8) is 0 Å². The first-order chi connectivity index (χ1) is 11.3. The van der Waals surface area contributed by atoms with Crippen LogP contribution in [0.4, 0.5) is 0 Å². The summed E-state index contributed by atoms with van der Waals surface area (Å²) in [5.74, 6) is 2.68. The molecule has 24 heavy (non-hydrogen) atoms. The first-order valence-corrected chi connectivity index (χ1v) is 9.76. The molecule has 2 aliphatic rings. The Bertz CT molecular complexity index is 587. The van der Waals surface area contributed by atoms with Gasteiger partial charge in [0.05, 0.1) is 0 Å². The second kappa shape index (κ2) is 6.58. The maximum absolute atomic E-state index is 6.44. The number of allylic oxidation sites excluding steroid dienone is 1. The van der Waals surface area contributed by atoms with Crippen molar-refractivity contribution in [1.82, 2.24) is 0 Å². The van der Waals surface area contributed by atoms with E-state index in [4.69, 9.17) is 4.74 Å². The number of rotatable bonds is 3. The van der Waals surface area contributed by atoms with Gasteiger partial charge in [-0.25, -0.2) is 0 Å². The standard InChI is InChI=1S/C23H34O/c1-17-6-8-19(9-7-17)20-10-12-21(13-11-20)24-23(5)15-14-22(3,4)16-18(23)2/h10-13,16-17,19H,6-9,14-15H2,1-5H3. The fourth-order valence-electron chi connectivity index (χ4n) is 4.36. The molecule has 3 rings (SSSR count). The van der Waals surface area contributed by atoms with Crippen LogP contribution in [0.25, 0.3) is 0 Å². The van der Waals surface area contributed by atoms with Gasteiger partial charge < -0.3 is 4.74 Å². The van der Waals surface area contributed by atoms with Gasteiger partial charge in [0.1, 0.15) is 11.4 Å². The molecule has 1 atom stereocenters. The van der Waals surface area contributed by atoms with Crippen molar-refractivity contribution in [2.75, 3.05) is 0 Å². The molecule has 0 bridgehead atoms. The summed E-state index contributed by atoms with van der Waals surface area (Å²) in [6.07, 6.45) is 10.1. The Morgan fingerprint density at radius 2 is 1.54 bits per heavy atom. The van der Waals surface area contributed by atoms with Gasteiger partial charge in [0.15, 0.2) is 0 Å². The van der Waals surface area contributed by atoms with Gasteiger partial charge >= 0.3 is 0 Å². The first-order valence-electron chi connectivity index (χ1n) is 9.76. The molecule has 1 aromatic carbocycles. The molecular formula is C23H34O. The molecule has 0 N–H and O–H groups in total. The predicted octanol–water partition coefficient (Wildman–Crippen LogP) is 6.88. The zero-order chi connectivity index (χ0) is 17.4. The smallest absolute Gasteiger partial charge is 0.127 e. The SMILES string of the molecule is CC1=CC(C)(C)CCC1(C)Oc1ccc(C2CCC(C)CC2)cc1. The van der Waals surface area contributed by atoms with Gasteiger partial charge in [-0.3, -0.25) is 0 Å². The van der Waals surface area contributed by atoms with Crippen molar-refractivity contribution >= 4 is 0 Å². The molecule has 0 aromatic heterocycles. The summed E-state index contributed by atoms with van der Waals surface area (Å²) in [6.45, 7) is 11.5. The summed E-state index contributed by atoms with van der Waals surface area (Å²) in [4.78, 5) is 0. The lowest BCUT2D eigenvalue weighted by atomic mass is 9.73. The average molecular weight is 327 g/mol. The molecule has 0 spiro atoms. The lowest BCUT2D eigenvalue weighted by Crippen LogP contribution is -2.39. The van der Waals surface area contributed by atoms with Gasteiger partial charge in [0.25, 0.3) is 0 Å². The topological polar surface area (TPSA) is 9.23 Å². The Kier molecular flexibility index (Phi) is 4.82. The van der Waals surface area contributed by atoms with Crippen molar-refractivity contribution in [3.05, 3.63) is 41.5 Å². The van der Waals surface area contributed by atoms with Gasteiger partial charge in [-0.1, -0.05) is 51.8 Å². The van der Waals surface area contributed by atoms with Gasteiger partial charge in [0, 0.05) is 0 Å². The summed E-state index contributed by atoms with van der Waals surface area (Å²) in [7, 11) is 0. The Morgan fingerprint density at radius 1 is 0.917 bits per heavy atom. The van der Waals surface area contributed by atoms with E-state index in [2.05, 4.69) is 65.0 Å². The van der Waals surface area contributed by atoms with Gasteiger partial charge in [-0.05, 0) is 80.1 Å². The van der Waals surface area contributed by atoms with Crippen LogP contribution < -0.4 is 4.74 Å². The van der Waals surface area contributed by atoms with E-state index in [0.29, 0.717) is 5.41 Å². The highest BCUT2D eigenvalue weighted by molar-refractivity contribution is 5.32. The van der Waals surface area contributed by atoms with Gasteiger partial charge in [0.2, 0.25) is 0 Å².